The molecule has 2 aliphatic heterocycles. The van der Waals surface area contributed by atoms with Gasteiger partial charge in [-0.1, -0.05) is 0 Å². The lowest BCUT2D eigenvalue weighted by atomic mass is 10.0. The number of piperidine rings is 1. The number of nitrogens with one attached hydrogen (secondary N) is 1. The maximum atomic E-state index is 12.3. The molecule has 2 aliphatic rings. The molecule has 0 aromatic rings. The number of carbonyl (C=O) groups is 1. The molecule has 1 N–H and O–H groups in total. The fraction of sp³-hybridized carbons (Fsp3) is 0.929. The maximum absolute atomic E-state index is 12.3. The minimum Gasteiger partial charge on any atom is -0.325 e. The normalized spacial score (nSPS) is 22.6. The number of rotatable bonds is 4. The fourth-order valence-corrected chi connectivity index (χ4v) is 4.25. The van der Waals surface area contributed by atoms with Gasteiger partial charge in [-0.3, -0.25) is 0 Å². The summed E-state index contributed by atoms with van der Waals surface area (Å²) in [5, 5.41) is 3.37. The first-order valence-electron chi connectivity index (χ1n) is 7.83. The maximum Gasteiger partial charge on any atom is 0.319 e. The van der Waals surface area contributed by atoms with Crippen molar-refractivity contribution in [3.63, 3.8) is 0 Å². The molecule has 6 nitrogen and oxygen atoms in total. The largest absolute Gasteiger partial charge is 0.325 e. The van der Waals surface area contributed by atoms with E-state index in [9.17, 15) is 13.2 Å². The van der Waals surface area contributed by atoms with Gasteiger partial charge in [0.15, 0.2) is 0 Å². The highest BCUT2D eigenvalue weighted by atomic mass is 32.2. The summed E-state index contributed by atoms with van der Waals surface area (Å²) in [7, 11) is -2.94. The molecule has 2 heterocycles. The van der Waals surface area contributed by atoms with E-state index in [-0.39, 0.29) is 17.8 Å². The number of sulfone groups is 1. The van der Waals surface area contributed by atoms with E-state index < -0.39 is 9.84 Å². The van der Waals surface area contributed by atoms with Gasteiger partial charge in [0.05, 0.1) is 5.75 Å². The Bertz CT molecular complexity index is 452. The van der Waals surface area contributed by atoms with Gasteiger partial charge >= 0.3 is 6.03 Å². The first kappa shape index (κ1) is 16.5. The SMILES string of the molecule is CC(CS(C)(=O)=O)NC1CCN(C(=O)N2CCCC2)CC1. The summed E-state index contributed by atoms with van der Waals surface area (Å²) >= 11 is 0. The van der Waals surface area contributed by atoms with Gasteiger partial charge in [-0.15, -0.1) is 0 Å². The topological polar surface area (TPSA) is 69.7 Å². The Hall–Kier alpha value is -0.820. The zero-order chi connectivity index (χ0) is 15.5. The van der Waals surface area contributed by atoms with E-state index in [1.807, 2.05) is 16.7 Å². The zero-order valence-electron chi connectivity index (χ0n) is 13.0. The zero-order valence-corrected chi connectivity index (χ0v) is 13.9. The lowest BCUT2D eigenvalue weighted by molar-refractivity contribution is 0.144. The molecule has 122 valence electrons. The van der Waals surface area contributed by atoms with E-state index in [0.717, 1.165) is 51.9 Å². The number of amides is 2. The van der Waals surface area contributed by atoms with Gasteiger partial charge < -0.3 is 15.1 Å². The molecule has 1 atom stereocenters. The first-order valence-corrected chi connectivity index (χ1v) is 9.89. The Kier molecular flexibility index (Phi) is 5.48. The number of hydrogen-bond acceptors (Lipinski definition) is 4. The van der Waals surface area contributed by atoms with Crippen molar-refractivity contribution in [2.45, 2.75) is 44.7 Å². The van der Waals surface area contributed by atoms with Crippen molar-refractivity contribution in [2.24, 2.45) is 0 Å². The van der Waals surface area contributed by atoms with Crippen molar-refractivity contribution >= 4 is 15.9 Å². The van der Waals surface area contributed by atoms with Gasteiger partial charge in [0, 0.05) is 44.5 Å². The van der Waals surface area contributed by atoms with Crippen LogP contribution >= 0.6 is 0 Å². The predicted molar refractivity (Wildman–Crippen MR) is 83.1 cm³/mol. The molecule has 2 amide bonds. The third kappa shape index (κ3) is 5.14. The fourth-order valence-electron chi connectivity index (χ4n) is 3.25. The van der Waals surface area contributed by atoms with E-state index >= 15 is 0 Å². The summed E-state index contributed by atoms with van der Waals surface area (Å²) in [4.78, 5) is 16.1. The minimum absolute atomic E-state index is 0.0363. The van der Waals surface area contributed by atoms with Crippen LogP contribution in [0.2, 0.25) is 0 Å². The summed E-state index contributed by atoms with van der Waals surface area (Å²) < 4.78 is 22.5. The van der Waals surface area contributed by atoms with E-state index in [4.69, 9.17) is 0 Å². The molecule has 2 saturated heterocycles. The van der Waals surface area contributed by atoms with E-state index in [1.165, 1.54) is 6.26 Å². The predicted octanol–water partition coefficient (Wildman–Crippen LogP) is 0.689. The summed E-state index contributed by atoms with van der Waals surface area (Å²) in [6, 6.07) is 0.449. The van der Waals surface area contributed by atoms with Crippen molar-refractivity contribution in [2.75, 3.05) is 38.2 Å². The molecule has 0 bridgehead atoms. The van der Waals surface area contributed by atoms with Gasteiger partial charge in [-0.2, -0.15) is 0 Å². The van der Waals surface area contributed by atoms with Crippen LogP contribution in [0.1, 0.15) is 32.6 Å². The van der Waals surface area contributed by atoms with Crippen LogP contribution in [0.25, 0.3) is 0 Å². The van der Waals surface area contributed by atoms with Gasteiger partial charge in [0.25, 0.3) is 0 Å². The average Bonchev–Trinajstić information content (AvgIpc) is 2.90. The third-order valence-corrected chi connectivity index (χ3v) is 5.32. The van der Waals surface area contributed by atoms with Gasteiger partial charge in [-0.05, 0) is 32.6 Å². The van der Waals surface area contributed by atoms with Crippen molar-refractivity contribution in [3.05, 3.63) is 0 Å². The molecule has 1 unspecified atom stereocenters. The molecule has 2 rings (SSSR count). The quantitative estimate of drug-likeness (QED) is 0.828. The molecule has 0 radical (unpaired) electrons. The second-order valence-electron chi connectivity index (χ2n) is 6.40. The number of urea groups is 1. The van der Waals surface area contributed by atoms with Crippen LogP contribution < -0.4 is 5.32 Å². The Morgan fingerprint density at radius 1 is 1.14 bits per heavy atom. The van der Waals surface area contributed by atoms with Crippen LogP contribution in [0, 0.1) is 0 Å². The minimum atomic E-state index is -2.94. The van der Waals surface area contributed by atoms with E-state index in [1.54, 1.807) is 0 Å². The molecule has 0 saturated carbocycles. The summed E-state index contributed by atoms with van der Waals surface area (Å²) in [5.74, 6) is 0.167. The molecule has 0 aromatic heterocycles. The van der Waals surface area contributed by atoms with Crippen LogP contribution in [0.5, 0.6) is 0 Å². The van der Waals surface area contributed by atoms with Gasteiger partial charge in [0.1, 0.15) is 9.84 Å². The van der Waals surface area contributed by atoms with Crippen molar-refractivity contribution in [1.29, 1.82) is 0 Å². The highest BCUT2D eigenvalue weighted by Gasteiger charge is 2.28. The highest BCUT2D eigenvalue weighted by Crippen LogP contribution is 2.16. The number of likely N-dealkylation sites (tertiary alicyclic amines) is 2. The number of carbonyl (C=O) groups excluding carboxylic acids is 1. The van der Waals surface area contributed by atoms with Crippen LogP contribution in [0.4, 0.5) is 4.79 Å². The standard InChI is InChI=1S/C14H27N3O3S/c1-12(11-21(2,19)20)15-13-5-9-17(10-6-13)14(18)16-7-3-4-8-16/h12-13,15H,3-11H2,1-2H3. The smallest absolute Gasteiger partial charge is 0.319 e. The molecule has 0 aliphatic carbocycles. The molecule has 0 aromatic carbocycles. The van der Waals surface area contributed by atoms with Crippen LogP contribution in [0.3, 0.4) is 0 Å². The van der Waals surface area contributed by atoms with E-state index in [0.29, 0.717) is 6.04 Å². The average molecular weight is 317 g/mol. The molecule has 21 heavy (non-hydrogen) atoms. The monoisotopic (exact) mass is 317 g/mol. The number of hydrogen-bond donors (Lipinski definition) is 1. The second-order valence-corrected chi connectivity index (χ2v) is 8.58. The molecule has 0 spiro atoms. The van der Waals surface area contributed by atoms with Crippen molar-refractivity contribution < 1.29 is 13.2 Å². The second kappa shape index (κ2) is 6.96. The first-order chi connectivity index (χ1) is 9.85. The Labute approximate surface area is 127 Å². The summed E-state index contributed by atoms with van der Waals surface area (Å²) in [5.41, 5.74) is 0. The van der Waals surface area contributed by atoms with Gasteiger partial charge in [0.2, 0.25) is 0 Å². The Morgan fingerprint density at radius 2 is 1.67 bits per heavy atom. The summed E-state index contributed by atoms with van der Waals surface area (Å²) in [6.45, 7) is 5.21. The Morgan fingerprint density at radius 3 is 2.19 bits per heavy atom. The van der Waals surface area contributed by atoms with Crippen LogP contribution in [-0.2, 0) is 9.84 Å². The lowest BCUT2D eigenvalue weighted by Gasteiger charge is -2.35. The van der Waals surface area contributed by atoms with Crippen molar-refractivity contribution in [1.82, 2.24) is 15.1 Å². The van der Waals surface area contributed by atoms with Crippen molar-refractivity contribution in [3.8, 4) is 0 Å². The molecular formula is C14H27N3O3S. The number of nitrogens with zero attached hydrogens (tertiary/aromatic N) is 2. The van der Waals surface area contributed by atoms with Crippen LogP contribution in [-0.4, -0.2) is 74.5 Å². The Balaban J connectivity index is 1.74. The van der Waals surface area contributed by atoms with E-state index in [2.05, 4.69) is 5.32 Å². The highest BCUT2D eigenvalue weighted by molar-refractivity contribution is 7.90. The molecule has 2 fully saturated rings. The van der Waals surface area contributed by atoms with Gasteiger partial charge in [-0.25, -0.2) is 13.2 Å². The van der Waals surface area contributed by atoms with Crippen LogP contribution in [0.15, 0.2) is 0 Å². The molecular weight excluding hydrogens is 290 g/mol. The molecule has 7 heteroatoms. The summed E-state index contributed by atoms with van der Waals surface area (Å²) in [6.07, 6.45) is 5.30. The lowest BCUT2D eigenvalue weighted by Crippen LogP contribution is -2.51. The third-order valence-electron chi connectivity index (χ3n) is 4.22.